The van der Waals surface area contributed by atoms with Crippen molar-refractivity contribution in [3.63, 3.8) is 0 Å². The minimum Gasteiger partial charge on any atom is -0.481 e. The van der Waals surface area contributed by atoms with Crippen LogP contribution in [0.25, 0.3) is 11.2 Å². The highest BCUT2D eigenvalue weighted by Crippen LogP contribution is 2.21. The van der Waals surface area contributed by atoms with Crippen LogP contribution in [0.3, 0.4) is 0 Å². The standard InChI is InChI=1S/C12H17N5O/c1-18-10-6-5-9-11(15-10)17(12(13)14-9)16-7-3-2-4-8-16/h5-6H,2-4,7-8H2,1H3,(H2,13,14). The monoisotopic (exact) mass is 247 g/mol. The zero-order valence-corrected chi connectivity index (χ0v) is 10.5. The lowest BCUT2D eigenvalue weighted by molar-refractivity contribution is 0.398. The van der Waals surface area contributed by atoms with E-state index in [2.05, 4.69) is 15.0 Å². The normalized spacial score (nSPS) is 16.2. The molecule has 2 aromatic heterocycles. The van der Waals surface area contributed by atoms with E-state index >= 15 is 0 Å². The number of hydrogen-bond donors (Lipinski definition) is 1. The summed E-state index contributed by atoms with van der Waals surface area (Å²) in [6, 6.07) is 3.69. The van der Waals surface area contributed by atoms with Crippen molar-refractivity contribution in [2.75, 3.05) is 30.9 Å². The Labute approximate surface area is 105 Å². The van der Waals surface area contributed by atoms with Gasteiger partial charge < -0.3 is 15.5 Å². The topological polar surface area (TPSA) is 69.2 Å². The predicted octanol–water partition coefficient (Wildman–Crippen LogP) is 1.14. The number of aromatic nitrogens is 3. The van der Waals surface area contributed by atoms with E-state index in [-0.39, 0.29) is 0 Å². The second-order valence-electron chi connectivity index (χ2n) is 4.49. The van der Waals surface area contributed by atoms with Gasteiger partial charge in [-0.1, -0.05) is 0 Å². The molecule has 0 bridgehead atoms. The highest BCUT2D eigenvalue weighted by atomic mass is 16.5. The third-order valence-corrected chi connectivity index (χ3v) is 3.31. The average Bonchev–Trinajstić information content (AvgIpc) is 2.74. The molecule has 1 saturated heterocycles. The Morgan fingerprint density at radius 3 is 2.67 bits per heavy atom. The summed E-state index contributed by atoms with van der Waals surface area (Å²) in [6.45, 7) is 1.99. The number of nitrogens with two attached hydrogens (primary N) is 1. The van der Waals surface area contributed by atoms with Gasteiger partial charge in [-0.15, -0.1) is 0 Å². The molecule has 0 aliphatic carbocycles. The van der Waals surface area contributed by atoms with Crippen molar-refractivity contribution < 1.29 is 4.74 Å². The van der Waals surface area contributed by atoms with Crippen LogP contribution in [0.5, 0.6) is 5.88 Å². The molecule has 2 aromatic rings. The fraction of sp³-hybridized carbons (Fsp3) is 0.500. The van der Waals surface area contributed by atoms with Crippen LogP contribution in [0, 0.1) is 0 Å². The first-order chi connectivity index (χ1) is 8.79. The molecule has 1 fully saturated rings. The van der Waals surface area contributed by atoms with Gasteiger partial charge in [-0.2, -0.15) is 4.98 Å². The second kappa shape index (κ2) is 4.36. The van der Waals surface area contributed by atoms with Crippen molar-refractivity contribution in [1.82, 2.24) is 14.6 Å². The molecule has 6 heteroatoms. The summed E-state index contributed by atoms with van der Waals surface area (Å²) in [5.41, 5.74) is 7.58. The van der Waals surface area contributed by atoms with Gasteiger partial charge in [0, 0.05) is 19.2 Å². The number of ether oxygens (including phenoxy) is 1. The van der Waals surface area contributed by atoms with E-state index in [1.807, 2.05) is 10.7 Å². The number of nitrogen functional groups attached to an aromatic ring is 1. The van der Waals surface area contributed by atoms with Crippen molar-refractivity contribution in [1.29, 1.82) is 0 Å². The van der Waals surface area contributed by atoms with Gasteiger partial charge in [0.05, 0.1) is 7.11 Å². The number of rotatable bonds is 2. The molecule has 0 saturated carbocycles. The third kappa shape index (κ3) is 1.73. The highest BCUT2D eigenvalue weighted by Gasteiger charge is 2.18. The number of piperidine rings is 1. The Kier molecular flexibility index (Phi) is 2.70. The van der Waals surface area contributed by atoms with Crippen LogP contribution in [-0.2, 0) is 0 Å². The first kappa shape index (κ1) is 11.1. The van der Waals surface area contributed by atoms with E-state index in [4.69, 9.17) is 10.5 Å². The van der Waals surface area contributed by atoms with Crippen LogP contribution >= 0.6 is 0 Å². The average molecular weight is 247 g/mol. The lowest BCUT2D eigenvalue weighted by Crippen LogP contribution is -2.39. The van der Waals surface area contributed by atoms with E-state index in [9.17, 15) is 0 Å². The molecule has 0 aromatic carbocycles. The molecule has 1 aliphatic heterocycles. The van der Waals surface area contributed by atoms with Gasteiger partial charge in [0.25, 0.3) is 0 Å². The van der Waals surface area contributed by atoms with Gasteiger partial charge in [0.15, 0.2) is 5.65 Å². The Morgan fingerprint density at radius 2 is 1.94 bits per heavy atom. The van der Waals surface area contributed by atoms with Crippen molar-refractivity contribution in [2.45, 2.75) is 19.3 Å². The smallest absolute Gasteiger partial charge is 0.222 e. The molecule has 96 valence electrons. The minimum atomic E-state index is 0.493. The summed E-state index contributed by atoms with van der Waals surface area (Å²) in [4.78, 5) is 8.79. The van der Waals surface area contributed by atoms with Crippen molar-refractivity contribution in [3.05, 3.63) is 12.1 Å². The first-order valence-electron chi connectivity index (χ1n) is 6.24. The molecular weight excluding hydrogens is 230 g/mol. The lowest BCUT2D eigenvalue weighted by atomic mass is 10.2. The Bertz CT molecular complexity index is 559. The fourth-order valence-electron chi connectivity index (χ4n) is 2.42. The predicted molar refractivity (Wildman–Crippen MR) is 70.3 cm³/mol. The molecule has 0 radical (unpaired) electrons. The molecule has 3 rings (SSSR count). The van der Waals surface area contributed by atoms with E-state index in [0.29, 0.717) is 11.8 Å². The van der Waals surface area contributed by atoms with Crippen LogP contribution in [0.1, 0.15) is 19.3 Å². The molecule has 18 heavy (non-hydrogen) atoms. The zero-order valence-electron chi connectivity index (χ0n) is 10.5. The maximum Gasteiger partial charge on any atom is 0.222 e. The number of anilines is 1. The number of fused-ring (bicyclic) bond motifs is 1. The Morgan fingerprint density at radius 1 is 1.17 bits per heavy atom. The summed E-state index contributed by atoms with van der Waals surface area (Å²) in [5.74, 6) is 1.08. The maximum atomic E-state index is 6.01. The molecule has 0 spiro atoms. The number of methoxy groups -OCH3 is 1. The lowest BCUT2D eigenvalue weighted by Gasteiger charge is -2.30. The van der Waals surface area contributed by atoms with E-state index in [0.717, 1.165) is 24.3 Å². The largest absolute Gasteiger partial charge is 0.481 e. The quantitative estimate of drug-likeness (QED) is 0.862. The molecule has 6 nitrogen and oxygen atoms in total. The SMILES string of the molecule is COc1ccc2nc(N)n(N3CCCCC3)c2n1. The van der Waals surface area contributed by atoms with E-state index in [1.165, 1.54) is 19.3 Å². The highest BCUT2D eigenvalue weighted by molar-refractivity contribution is 5.75. The number of nitrogens with zero attached hydrogens (tertiary/aromatic N) is 4. The van der Waals surface area contributed by atoms with Crippen LogP contribution < -0.4 is 15.5 Å². The maximum absolute atomic E-state index is 6.01. The molecule has 2 N–H and O–H groups in total. The van der Waals surface area contributed by atoms with Crippen LogP contribution in [0.2, 0.25) is 0 Å². The van der Waals surface area contributed by atoms with Gasteiger partial charge in [-0.3, -0.25) is 0 Å². The zero-order chi connectivity index (χ0) is 12.5. The van der Waals surface area contributed by atoms with Gasteiger partial charge in [0.1, 0.15) is 5.52 Å². The number of hydrogen-bond acceptors (Lipinski definition) is 5. The van der Waals surface area contributed by atoms with Crippen LogP contribution in [0.4, 0.5) is 5.95 Å². The molecule has 0 amide bonds. The minimum absolute atomic E-state index is 0.493. The Hall–Kier alpha value is -1.98. The van der Waals surface area contributed by atoms with Crippen molar-refractivity contribution >= 4 is 17.1 Å². The van der Waals surface area contributed by atoms with Crippen LogP contribution in [-0.4, -0.2) is 34.8 Å². The second-order valence-corrected chi connectivity index (χ2v) is 4.49. The van der Waals surface area contributed by atoms with Crippen molar-refractivity contribution in [3.8, 4) is 5.88 Å². The van der Waals surface area contributed by atoms with E-state index < -0.39 is 0 Å². The van der Waals surface area contributed by atoms with Gasteiger partial charge in [-0.25, -0.2) is 9.66 Å². The van der Waals surface area contributed by atoms with Gasteiger partial charge in [-0.05, 0) is 25.3 Å². The Balaban J connectivity index is 2.10. The third-order valence-electron chi connectivity index (χ3n) is 3.31. The molecular formula is C12H17N5O. The van der Waals surface area contributed by atoms with Crippen molar-refractivity contribution in [2.24, 2.45) is 0 Å². The number of imidazole rings is 1. The van der Waals surface area contributed by atoms with Crippen LogP contribution in [0.15, 0.2) is 12.1 Å². The molecule has 0 atom stereocenters. The summed E-state index contributed by atoms with van der Waals surface area (Å²) in [6.07, 6.45) is 3.64. The van der Waals surface area contributed by atoms with E-state index in [1.54, 1.807) is 13.2 Å². The summed E-state index contributed by atoms with van der Waals surface area (Å²) < 4.78 is 7.08. The summed E-state index contributed by atoms with van der Waals surface area (Å²) in [5, 5.41) is 2.21. The molecule has 0 unspecified atom stereocenters. The molecule has 1 aliphatic rings. The summed E-state index contributed by atoms with van der Waals surface area (Å²) >= 11 is 0. The molecule has 3 heterocycles. The fourth-order valence-corrected chi connectivity index (χ4v) is 2.42. The number of pyridine rings is 1. The van der Waals surface area contributed by atoms with Gasteiger partial charge >= 0.3 is 0 Å². The summed E-state index contributed by atoms with van der Waals surface area (Å²) in [7, 11) is 1.61. The van der Waals surface area contributed by atoms with Gasteiger partial charge in [0.2, 0.25) is 11.8 Å². The first-order valence-corrected chi connectivity index (χ1v) is 6.24.